The normalized spacial score (nSPS) is 14.4. The fraction of sp³-hybridized carbons (Fsp3) is 0.200. The molecule has 0 aliphatic carbocycles. The molecule has 2 nitrogen and oxygen atoms in total. The molecule has 1 aliphatic rings. The summed E-state index contributed by atoms with van der Waals surface area (Å²) in [5, 5.41) is 0. The third kappa shape index (κ3) is 2.59. The van der Waals surface area contributed by atoms with E-state index in [0.717, 1.165) is 11.5 Å². The molecule has 88 valence electrons. The number of fused-ring (bicyclic) bond motifs is 1. The fourth-order valence-corrected chi connectivity index (χ4v) is 1.75. The van der Waals surface area contributed by atoms with E-state index < -0.39 is 0 Å². The van der Waals surface area contributed by atoms with E-state index in [1.165, 1.54) is 11.1 Å². The van der Waals surface area contributed by atoms with Crippen LogP contribution in [0.1, 0.15) is 18.1 Å². The van der Waals surface area contributed by atoms with Crippen molar-refractivity contribution in [1.29, 1.82) is 0 Å². The van der Waals surface area contributed by atoms with Crippen LogP contribution in [-0.4, -0.2) is 6.61 Å². The molecular formula is C15H16O2. The molecule has 0 unspecified atom stereocenters. The second-order valence-corrected chi connectivity index (χ2v) is 3.70. The molecule has 0 amide bonds. The van der Waals surface area contributed by atoms with Gasteiger partial charge in [0, 0.05) is 0 Å². The molecule has 1 aliphatic heterocycles. The van der Waals surface area contributed by atoms with Crippen LogP contribution in [-0.2, 0) is 16.1 Å². The minimum Gasteiger partial charge on any atom is -0.490 e. The maximum atomic E-state index is 5.69. The Morgan fingerprint density at radius 1 is 1.47 bits per heavy atom. The van der Waals surface area contributed by atoms with Crippen LogP contribution in [0.5, 0.6) is 0 Å². The van der Waals surface area contributed by atoms with Gasteiger partial charge in [0.05, 0.1) is 6.61 Å². The number of allylic oxidation sites excluding steroid dienone is 2. The third-order valence-electron chi connectivity index (χ3n) is 2.54. The molecule has 0 spiro atoms. The summed E-state index contributed by atoms with van der Waals surface area (Å²) in [7, 11) is 0. The molecule has 0 radical (unpaired) electrons. The molecule has 0 saturated carbocycles. The van der Waals surface area contributed by atoms with Crippen LogP contribution in [0.25, 0.3) is 6.08 Å². The van der Waals surface area contributed by atoms with Crippen molar-refractivity contribution in [2.45, 2.75) is 13.5 Å². The highest BCUT2D eigenvalue weighted by molar-refractivity contribution is 5.60. The minimum atomic E-state index is 0.587. The Hall–Kier alpha value is -1.96. The molecule has 0 aromatic heterocycles. The average Bonchev–Trinajstić information content (AvgIpc) is 2.38. The van der Waals surface area contributed by atoms with E-state index in [0.29, 0.717) is 13.2 Å². The fourth-order valence-electron chi connectivity index (χ4n) is 1.75. The van der Waals surface area contributed by atoms with Gasteiger partial charge in [-0.3, -0.25) is 0 Å². The van der Waals surface area contributed by atoms with Gasteiger partial charge in [0.1, 0.15) is 6.61 Å². The maximum absolute atomic E-state index is 5.69. The molecule has 0 fully saturated rings. The van der Waals surface area contributed by atoms with Crippen LogP contribution in [0.4, 0.5) is 0 Å². The van der Waals surface area contributed by atoms with Gasteiger partial charge in [-0.2, -0.15) is 0 Å². The Bertz CT molecular complexity index is 470. The van der Waals surface area contributed by atoms with Crippen molar-refractivity contribution in [1.82, 2.24) is 0 Å². The summed E-state index contributed by atoms with van der Waals surface area (Å²) < 4.78 is 11.2. The van der Waals surface area contributed by atoms with Gasteiger partial charge in [-0.15, -0.1) is 0 Å². The maximum Gasteiger partial charge on any atom is 0.162 e. The van der Waals surface area contributed by atoms with Gasteiger partial charge in [-0.1, -0.05) is 36.9 Å². The second-order valence-electron chi connectivity index (χ2n) is 3.70. The van der Waals surface area contributed by atoms with E-state index >= 15 is 0 Å². The molecule has 17 heavy (non-hydrogen) atoms. The van der Waals surface area contributed by atoms with Gasteiger partial charge in [-0.25, -0.2) is 0 Å². The molecule has 1 aromatic carbocycles. The topological polar surface area (TPSA) is 18.5 Å². The van der Waals surface area contributed by atoms with Gasteiger partial charge in [-0.05, 0) is 30.2 Å². The second kappa shape index (κ2) is 5.39. The first-order valence-corrected chi connectivity index (χ1v) is 5.73. The highest BCUT2D eigenvalue weighted by atomic mass is 16.5. The van der Waals surface area contributed by atoms with Crippen LogP contribution >= 0.6 is 0 Å². The highest BCUT2D eigenvalue weighted by Crippen LogP contribution is 2.26. The van der Waals surface area contributed by atoms with Crippen LogP contribution in [0.3, 0.4) is 0 Å². The predicted molar refractivity (Wildman–Crippen MR) is 69.1 cm³/mol. The van der Waals surface area contributed by atoms with E-state index in [4.69, 9.17) is 9.47 Å². The predicted octanol–water partition coefficient (Wildman–Crippen LogP) is 3.66. The van der Waals surface area contributed by atoms with E-state index in [9.17, 15) is 0 Å². The molecule has 2 heteroatoms. The monoisotopic (exact) mass is 228 g/mol. The molecule has 0 bridgehead atoms. The zero-order valence-electron chi connectivity index (χ0n) is 9.98. The Morgan fingerprint density at radius 2 is 2.29 bits per heavy atom. The van der Waals surface area contributed by atoms with E-state index in [1.54, 1.807) is 6.08 Å². The number of hydrogen-bond acceptors (Lipinski definition) is 2. The Balaban J connectivity index is 2.32. The molecule has 1 heterocycles. The lowest BCUT2D eigenvalue weighted by molar-refractivity contribution is 0.149. The van der Waals surface area contributed by atoms with Gasteiger partial charge in [0.25, 0.3) is 0 Å². The molecule has 0 atom stereocenters. The zero-order valence-corrected chi connectivity index (χ0v) is 9.98. The number of benzene rings is 1. The van der Waals surface area contributed by atoms with Crippen LogP contribution < -0.4 is 0 Å². The molecule has 2 rings (SSSR count). The number of hydrogen-bond donors (Lipinski definition) is 0. The average molecular weight is 228 g/mol. The van der Waals surface area contributed by atoms with Crippen molar-refractivity contribution >= 4 is 6.08 Å². The molecule has 0 N–H and O–H groups in total. The Labute approximate surface area is 102 Å². The summed E-state index contributed by atoms with van der Waals surface area (Å²) in [6, 6.07) is 8.19. The van der Waals surface area contributed by atoms with Gasteiger partial charge < -0.3 is 9.47 Å². The first-order chi connectivity index (χ1) is 8.35. The lowest BCUT2D eigenvalue weighted by Crippen LogP contribution is -2.06. The third-order valence-corrected chi connectivity index (χ3v) is 2.54. The van der Waals surface area contributed by atoms with E-state index in [-0.39, 0.29) is 0 Å². The lowest BCUT2D eigenvalue weighted by Gasteiger charge is -2.19. The number of rotatable bonds is 4. The van der Waals surface area contributed by atoms with Gasteiger partial charge >= 0.3 is 0 Å². The van der Waals surface area contributed by atoms with Gasteiger partial charge in [0.15, 0.2) is 11.5 Å². The van der Waals surface area contributed by atoms with Crippen molar-refractivity contribution in [2.75, 3.05) is 6.61 Å². The smallest absolute Gasteiger partial charge is 0.162 e. The Morgan fingerprint density at radius 3 is 3.06 bits per heavy atom. The standard InChI is InChI=1S/C15H16O2/c1-3-7-14(16-4-2)15-10-12-8-5-6-9-13(12)11-17-15/h3,5-10H,1,4,11H2,2H3/b14-7+. The molecular weight excluding hydrogens is 212 g/mol. The summed E-state index contributed by atoms with van der Waals surface area (Å²) in [6.07, 6.45) is 5.53. The number of ether oxygens (including phenoxy) is 2. The van der Waals surface area contributed by atoms with Crippen molar-refractivity contribution in [3.8, 4) is 0 Å². The minimum absolute atomic E-state index is 0.587. The summed E-state index contributed by atoms with van der Waals surface area (Å²) in [4.78, 5) is 0. The van der Waals surface area contributed by atoms with Crippen LogP contribution in [0.2, 0.25) is 0 Å². The lowest BCUT2D eigenvalue weighted by atomic mass is 10.1. The summed E-state index contributed by atoms with van der Waals surface area (Å²) in [5.41, 5.74) is 2.38. The van der Waals surface area contributed by atoms with Crippen molar-refractivity contribution < 1.29 is 9.47 Å². The van der Waals surface area contributed by atoms with E-state index in [1.807, 2.05) is 31.2 Å². The zero-order chi connectivity index (χ0) is 12.1. The highest BCUT2D eigenvalue weighted by Gasteiger charge is 2.14. The summed E-state index contributed by atoms with van der Waals surface area (Å²) >= 11 is 0. The SMILES string of the molecule is C=C/C=C(/OCC)C1=Cc2ccccc2CO1. The summed E-state index contributed by atoms with van der Waals surface area (Å²) in [5.74, 6) is 1.50. The molecule has 1 aromatic rings. The van der Waals surface area contributed by atoms with Crippen molar-refractivity contribution in [2.24, 2.45) is 0 Å². The van der Waals surface area contributed by atoms with Crippen molar-refractivity contribution in [3.05, 3.63) is 65.6 Å². The first kappa shape index (κ1) is 11.5. The van der Waals surface area contributed by atoms with Crippen LogP contribution in [0.15, 0.2) is 54.5 Å². The largest absolute Gasteiger partial charge is 0.490 e. The van der Waals surface area contributed by atoms with Gasteiger partial charge in [0.2, 0.25) is 0 Å². The molecule has 0 saturated heterocycles. The quantitative estimate of drug-likeness (QED) is 0.578. The van der Waals surface area contributed by atoms with E-state index in [2.05, 4.69) is 18.7 Å². The van der Waals surface area contributed by atoms with Crippen molar-refractivity contribution in [3.63, 3.8) is 0 Å². The van der Waals surface area contributed by atoms with Crippen LogP contribution in [0, 0.1) is 0 Å². The first-order valence-electron chi connectivity index (χ1n) is 5.73. The Kier molecular flexibility index (Phi) is 3.66. The summed E-state index contributed by atoms with van der Waals surface area (Å²) in [6.45, 7) is 6.84.